The van der Waals surface area contributed by atoms with Crippen LogP contribution in [0.3, 0.4) is 0 Å². The average molecular weight is 152 g/mol. The van der Waals surface area contributed by atoms with Crippen molar-refractivity contribution >= 4 is 0 Å². The Morgan fingerprint density at radius 3 is 2.36 bits per heavy atom. The predicted molar refractivity (Wildman–Crippen MR) is 45.9 cm³/mol. The molecule has 0 aromatic rings. The van der Waals surface area contributed by atoms with Gasteiger partial charge in [0.05, 0.1) is 0 Å². The van der Waals surface area contributed by atoms with Crippen molar-refractivity contribution in [3.05, 3.63) is 0 Å². The number of hydrogen-bond acceptors (Lipinski definition) is 0. The second-order valence-corrected chi connectivity index (χ2v) is 4.33. The fraction of sp³-hybridized carbons (Fsp3) is 0.800. The molecule has 0 amide bonds. The summed E-state index contributed by atoms with van der Waals surface area (Å²) in [4.78, 5) is 0. The molecule has 1 heteroatoms. The van der Waals surface area contributed by atoms with Crippen molar-refractivity contribution in [1.29, 1.82) is 0 Å². The molecule has 11 heavy (non-hydrogen) atoms. The zero-order valence-electron chi connectivity index (χ0n) is 7.44. The fourth-order valence-electron chi connectivity index (χ4n) is 2.14. The van der Waals surface area contributed by atoms with Gasteiger partial charge in [0.2, 0.25) is 0 Å². The molecule has 2 rings (SSSR count). The van der Waals surface area contributed by atoms with Crippen LogP contribution in [0.2, 0.25) is 0 Å². The Bertz CT molecular complexity index is 219. The molecule has 0 radical (unpaired) electrons. The number of fused-ring (bicyclic) bond motifs is 1. The van der Waals surface area contributed by atoms with Gasteiger partial charge in [-0.1, -0.05) is 32.6 Å². The van der Waals surface area contributed by atoms with Crippen LogP contribution >= 0.6 is 0 Å². The van der Waals surface area contributed by atoms with Crippen LogP contribution in [0.25, 0.3) is 0 Å². The van der Waals surface area contributed by atoms with Gasteiger partial charge >= 0.3 is 0 Å². The topological polar surface area (TPSA) is 31.5 Å². The Hall–Kier alpha value is -0.480. The second kappa shape index (κ2) is 2.25. The summed E-state index contributed by atoms with van der Waals surface area (Å²) < 4.78 is 0. The van der Waals surface area contributed by atoms with Crippen LogP contribution < -0.4 is 0 Å². The Morgan fingerprint density at radius 2 is 1.91 bits per heavy atom. The van der Waals surface area contributed by atoms with Gasteiger partial charge in [-0.15, -0.1) is 0 Å². The monoisotopic (exact) mass is 152 g/mol. The summed E-state index contributed by atoms with van der Waals surface area (Å²) >= 11 is 0. The summed E-state index contributed by atoms with van der Waals surface area (Å²) in [5.41, 5.74) is 0.553. The van der Waals surface area contributed by atoms with E-state index in [9.17, 15) is 0 Å². The number of hydrogen-bond donors (Lipinski definition) is 0. The minimum atomic E-state index is 0. The first-order valence-corrected chi connectivity index (χ1v) is 4.13. The lowest BCUT2D eigenvalue weighted by molar-refractivity contribution is 0.494. The van der Waals surface area contributed by atoms with Crippen molar-refractivity contribution in [3.63, 3.8) is 0 Å². The molecule has 1 fully saturated rings. The van der Waals surface area contributed by atoms with E-state index in [2.05, 4.69) is 32.6 Å². The third-order valence-corrected chi connectivity index (χ3v) is 3.14. The molecule has 0 aromatic heterocycles. The van der Waals surface area contributed by atoms with Crippen LogP contribution in [0.4, 0.5) is 0 Å². The summed E-state index contributed by atoms with van der Waals surface area (Å²) in [6.07, 6.45) is 1.34. The van der Waals surface area contributed by atoms with E-state index >= 15 is 0 Å². The Balaban J connectivity index is 0.000000605. The van der Waals surface area contributed by atoms with Crippen LogP contribution in [0.5, 0.6) is 0 Å². The molecule has 3 atom stereocenters. The van der Waals surface area contributed by atoms with Gasteiger partial charge in [-0.25, -0.2) is 0 Å². The zero-order chi connectivity index (χ0) is 7.35. The number of rotatable bonds is 0. The van der Waals surface area contributed by atoms with Crippen molar-refractivity contribution in [2.24, 2.45) is 23.2 Å². The van der Waals surface area contributed by atoms with Gasteiger partial charge in [-0.05, 0) is 17.8 Å². The van der Waals surface area contributed by atoms with Gasteiger partial charge in [-0.2, -0.15) is 0 Å². The van der Waals surface area contributed by atoms with Gasteiger partial charge in [0.1, 0.15) is 0 Å². The highest BCUT2D eigenvalue weighted by Crippen LogP contribution is 2.61. The van der Waals surface area contributed by atoms with E-state index in [0.29, 0.717) is 11.3 Å². The maximum atomic E-state index is 3.35. The third-order valence-electron chi connectivity index (χ3n) is 3.14. The normalized spacial score (nSPS) is 42.6. The van der Waals surface area contributed by atoms with Crippen LogP contribution in [0, 0.1) is 35.0 Å². The van der Waals surface area contributed by atoms with Crippen molar-refractivity contribution in [3.8, 4) is 11.8 Å². The smallest absolute Gasteiger partial charge is 0.0291 e. The molecule has 1 saturated carbocycles. The Morgan fingerprint density at radius 1 is 1.27 bits per heavy atom. The first-order chi connectivity index (χ1) is 4.62. The van der Waals surface area contributed by atoms with Crippen molar-refractivity contribution in [2.75, 3.05) is 0 Å². The van der Waals surface area contributed by atoms with Crippen LogP contribution in [-0.4, -0.2) is 5.48 Å². The maximum absolute atomic E-state index is 3.35. The fourth-order valence-corrected chi connectivity index (χ4v) is 2.14. The van der Waals surface area contributed by atoms with Crippen LogP contribution in [0.15, 0.2) is 0 Å². The molecule has 2 aliphatic rings. The van der Waals surface area contributed by atoms with Gasteiger partial charge in [0.25, 0.3) is 0 Å². The minimum absolute atomic E-state index is 0. The summed E-state index contributed by atoms with van der Waals surface area (Å²) in [6, 6.07) is 0. The van der Waals surface area contributed by atoms with Crippen molar-refractivity contribution in [1.82, 2.24) is 0 Å². The van der Waals surface area contributed by atoms with Crippen molar-refractivity contribution in [2.45, 2.75) is 27.2 Å². The zero-order valence-corrected chi connectivity index (χ0v) is 7.44. The maximum Gasteiger partial charge on any atom is 0.0291 e. The van der Waals surface area contributed by atoms with E-state index in [1.807, 2.05) is 0 Å². The molecule has 2 N–H and O–H groups in total. The lowest BCUT2D eigenvalue weighted by Crippen LogP contribution is -1.98. The molecule has 0 spiro atoms. The molecule has 0 saturated heterocycles. The van der Waals surface area contributed by atoms with E-state index in [1.54, 1.807) is 0 Å². The quantitative estimate of drug-likeness (QED) is 0.471. The van der Waals surface area contributed by atoms with E-state index < -0.39 is 0 Å². The summed E-state index contributed by atoms with van der Waals surface area (Å²) in [5, 5.41) is 0. The standard InChI is InChI=1S/C10H14.H2O/c1-7-4-5-8-9(6-7)10(8,2)3;/h7-9H,6H2,1-3H3;1H2. The minimum Gasteiger partial charge on any atom is -0.412 e. The average Bonchev–Trinajstić information content (AvgIpc) is 2.36. The summed E-state index contributed by atoms with van der Waals surface area (Å²) in [7, 11) is 0. The predicted octanol–water partition coefficient (Wildman–Crippen LogP) is 1.48. The van der Waals surface area contributed by atoms with E-state index in [1.165, 1.54) is 6.42 Å². The van der Waals surface area contributed by atoms with Gasteiger partial charge in [0, 0.05) is 11.8 Å². The van der Waals surface area contributed by atoms with Gasteiger partial charge < -0.3 is 5.48 Å². The third kappa shape index (κ3) is 1.06. The highest BCUT2D eigenvalue weighted by molar-refractivity contribution is 5.26. The largest absolute Gasteiger partial charge is 0.412 e. The lowest BCUT2D eigenvalue weighted by Gasteiger charge is -2.05. The molecule has 0 heterocycles. The molecule has 0 aliphatic heterocycles. The first kappa shape index (κ1) is 8.62. The van der Waals surface area contributed by atoms with E-state index in [-0.39, 0.29) is 5.48 Å². The van der Waals surface area contributed by atoms with Crippen LogP contribution in [-0.2, 0) is 0 Å². The lowest BCUT2D eigenvalue weighted by atomic mass is 9.99. The van der Waals surface area contributed by atoms with Crippen LogP contribution in [0.1, 0.15) is 27.2 Å². The molecule has 62 valence electrons. The first-order valence-electron chi connectivity index (χ1n) is 4.13. The Kier molecular flexibility index (Phi) is 1.76. The summed E-state index contributed by atoms with van der Waals surface area (Å²) in [6.45, 7) is 6.92. The van der Waals surface area contributed by atoms with E-state index in [4.69, 9.17) is 0 Å². The Labute approximate surface area is 68.5 Å². The molecular formula is C10H16O. The molecule has 0 aromatic carbocycles. The molecule has 0 bridgehead atoms. The molecule has 1 nitrogen and oxygen atoms in total. The summed E-state index contributed by atoms with van der Waals surface area (Å²) in [5.74, 6) is 8.94. The molecular weight excluding hydrogens is 136 g/mol. The van der Waals surface area contributed by atoms with Gasteiger partial charge in [0.15, 0.2) is 0 Å². The van der Waals surface area contributed by atoms with Gasteiger partial charge in [-0.3, -0.25) is 0 Å². The second-order valence-electron chi connectivity index (χ2n) is 4.33. The molecule has 2 aliphatic carbocycles. The van der Waals surface area contributed by atoms with Crippen molar-refractivity contribution < 1.29 is 5.48 Å². The van der Waals surface area contributed by atoms with E-state index in [0.717, 1.165) is 11.8 Å². The SMILES string of the molecule is CC1C#CC2C(C1)C2(C)C.O. The highest BCUT2D eigenvalue weighted by Gasteiger charge is 2.57. The highest BCUT2D eigenvalue weighted by atomic mass is 16.0. The molecule has 3 unspecified atom stereocenters.